The van der Waals surface area contributed by atoms with Gasteiger partial charge in [0.25, 0.3) is 0 Å². The van der Waals surface area contributed by atoms with Gasteiger partial charge in [0.15, 0.2) is 5.82 Å². The van der Waals surface area contributed by atoms with Crippen LogP contribution in [0.2, 0.25) is 0 Å². The van der Waals surface area contributed by atoms with Gasteiger partial charge in [0, 0.05) is 31.4 Å². The second-order valence-corrected chi connectivity index (χ2v) is 12.1. The van der Waals surface area contributed by atoms with Crippen molar-refractivity contribution in [3.63, 3.8) is 0 Å². The zero-order valence-corrected chi connectivity index (χ0v) is 26.1. The van der Waals surface area contributed by atoms with Gasteiger partial charge in [-0.05, 0) is 120 Å². The van der Waals surface area contributed by atoms with Crippen molar-refractivity contribution in [3.8, 4) is 0 Å². The van der Waals surface area contributed by atoms with Crippen LogP contribution in [0.4, 0.5) is 8.78 Å². The van der Waals surface area contributed by atoms with E-state index in [0.29, 0.717) is 28.0 Å². The van der Waals surface area contributed by atoms with E-state index >= 15 is 4.39 Å². The van der Waals surface area contributed by atoms with E-state index < -0.39 is 11.6 Å². The predicted molar refractivity (Wildman–Crippen MR) is 172 cm³/mol. The maximum absolute atomic E-state index is 15.1. The third-order valence-corrected chi connectivity index (χ3v) is 8.37. The van der Waals surface area contributed by atoms with Gasteiger partial charge in [0.1, 0.15) is 23.0 Å². The molecule has 1 aromatic heterocycles. The molecule has 3 heterocycles. The Morgan fingerprint density at radius 2 is 1.93 bits per heavy atom. The first-order valence-electron chi connectivity index (χ1n) is 14.9. The number of hydrogen-bond acceptors (Lipinski definition) is 5. The molecule has 1 aromatic carbocycles. The Balaban J connectivity index is 1.39. The quantitative estimate of drug-likeness (QED) is 0.318. The average molecular weight is 577 g/mol. The van der Waals surface area contributed by atoms with Gasteiger partial charge in [-0.3, -0.25) is 4.90 Å². The largest absolute Gasteiger partial charge is 0.345 e. The molecule has 2 fully saturated rings. The molecule has 0 saturated carbocycles. The van der Waals surface area contributed by atoms with Crippen LogP contribution in [0.1, 0.15) is 64.4 Å². The standard InChI is InChI=1S/C34H46F2N6/c1-22(2)42-27(7)39-34-31(35)17-30(18-33(34)42)25(5)32(36)19-37-26(6)38-24(4)9-10-29-21-41(16-11-23(29)3)20-28-12-14-40(8)15-13-28/h9-10,17-19,22,28,38H,3,6,11-16,20-21H2,1-2,4-5,7-8H3/b24-9+,29-10-,32-25-,37-19-. The van der Waals surface area contributed by atoms with E-state index in [1.807, 2.05) is 38.3 Å². The van der Waals surface area contributed by atoms with E-state index in [9.17, 15) is 4.39 Å². The second kappa shape index (κ2) is 13.7. The number of piperidine rings is 2. The van der Waals surface area contributed by atoms with Gasteiger partial charge in [0.2, 0.25) is 0 Å². The minimum absolute atomic E-state index is 0.0980. The van der Waals surface area contributed by atoms with Crippen LogP contribution in [0, 0.1) is 18.7 Å². The summed E-state index contributed by atoms with van der Waals surface area (Å²) in [5.74, 6) is 0.767. The minimum Gasteiger partial charge on any atom is -0.345 e. The normalized spacial score (nSPS) is 19.9. The average Bonchev–Trinajstić information content (AvgIpc) is 3.29. The monoisotopic (exact) mass is 576 g/mol. The molecular formula is C34H46F2N6. The number of benzene rings is 1. The van der Waals surface area contributed by atoms with Crippen molar-refractivity contribution < 1.29 is 8.78 Å². The van der Waals surface area contributed by atoms with Crippen LogP contribution < -0.4 is 5.32 Å². The summed E-state index contributed by atoms with van der Waals surface area (Å²) in [5.41, 5.74) is 4.95. The zero-order chi connectivity index (χ0) is 30.6. The van der Waals surface area contributed by atoms with E-state index in [1.54, 1.807) is 13.0 Å². The molecule has 4 rings (SSSR count). The maximum Gasteiger partial charge on any atom is 0.151 e. The van der Waals surface area contributed by atoms with Gasteiger partial charge in [-0.2, -0.15) is 0 Å². The molecule has 226 valence electrons. The molecular weight excluding hydrogens is 530 g/mol. The van der Waals surface area contributed by atoms with E-state index in [2.05, 4.69) is 51.4 Å². The molecule has 0 spiro atoms. The highest BCUT2D eigenvalue weighted by Gasteiger charge is 2.23. The van der Waals surface area contributed by atoms with Crippen molar-refractivity contribution in [1.82, 2.24) is 24.7 Å². The van der Waals surface area contributed by atoms with E-state index in [4.69, 9.17) is 0 Å². The molecule has 6 nitrogen and oxygen atoms in total. The Hall–Kier alpha value is -3.36. The summed E-state index contributed by atoms with van der Waals surface area (Å²) in [6.45, 7) is 23.1. The first-order chi connectivity index (χ1) is 19.9. The Morgan fingerprint density at radius 1 is 1.21 bits per heavy atom. The number of rotatable bonds is 9. The summed E-state index contributed by atoms with van der Waals surface area (Å²) < 4.78 is 31.9. The molecule has 0 bridgehead atoms. The molecule has 2 saturated heterocycles. The second-order valence-electron chi connectivity index (χ2n) is 12.1. The lowest BCUT2D eigenvalue weighted by atomic mass is 9.93. The molecule has 0 unspecified atom stereocenters. The van der Waals surface area contributed by atoms with E-state index in [0.717, 1.165) is 49.7 Å². The van der Waals surface area contributed by atoms with Crippen LogP contribution in [0.25, 0.3) is 16.6 Å². The summed E-state index contributed by atoms with van der Waals surface area (Å²) in [4.78, 5) is 13.5. The van der Waals surface area contributed by atoms with Crippen LogP contribution in [-0.4, -0.2) is 65.3 Å². The zero-order valence-electron chi connectivity index (χ0n) is 26.1. The van der Waals surface area contributed by atoms with Crippen molar-refractivity contribution in [2.24, 2.45) is 10.9 Å². The van der Waals surface area contributed by atoms with Gasteiger partial charge in [-0.25, -0.2) is 18.8 Å². The Morgan fingerprint density at radius 3 is 2.62 bits per heavy atom. The molecule has 0 atom stereocenters. The highest BCUT2D eigenvalue weighted by Crippen LogP contribution is 2.29. The lowest BCUT2D eigenvalue weighted by Crippen LogP contribution is -2.40. The number of fused-ring (bicyclic) bond motifs is 1. The molecule has 42 heavy (non-hydrogen) atoms. The first-order valence-corrected chi connectivity index (χ1v) is 14.9. The van der Waals surface area contributed by atoms with Crippen LogP contribution in [-0.2, 0) is 0 Å². The number of aromatic nitrogens is 2. The summed E-state index contributed by atoms with van der Waals surface area (Å²) in [5, 5.41) is 3.12. The lowest BCUT2D eigenvalue weighted by molar-refractivity contribution is 0.163. The van der Waals surface area contributed by atoms with Crippen molar-refractivity contribution in [2.75, 3.05) is 39.8 Å². The number of imidazole rings is 1. The molecule has 0 aliphatic carbocycles. The number of halogens is 2. The summed E-state index contributed by atoms with van der Waals surface area (Å²) >= 11 is 0. The fourth-order valence-electron chi connectivity index (χ4n) is 5.86. The van der Waals surface area contributed by atoms with E-state index in [-0.39, 0.29) is 6.04 Å². The summed E-state index contributed by atoms with van der Waals surface area (Å²) in [6.07, 6.45) is 8.74. The minimum atomic E-state index is -0.559. The van der Waals surface area contributed by atoms with Crippen molar-refractivity contribution in [2.45, 2.75) is 59.9 Å². The maximum atomic E-state index is 15.1. The molecule has 0 amide bonds. The van der Waals surface area contributed by atoms with Crippen molar-refractivity contribution in [3.05, 3.63) is 83.1 Å². The number of aryl methyl sites for hydroxylation is 1. The third kappa shape index (κ3) is 7.72. The topological polar surface area (TPSA) is 48.7 Å². The lowest BCUT2D eigenvalue weighted by Gasteiger charge is -2.36. The fraction of sp³-hybridized carbons (Fsp3) is 0.471. The first kappa shape index (κ1) is 31.6. The van der Waals surface area contributed by atoms with Gasteiger partial charge in [0.05, 0.1) is 11.7 Å². The van der Waals surface area contributed by atoms with Gasteiger partial charge < -0.3 is 14.8 Å². The Bertz CT molecular complexity index is 1450. The van der Waals surface area contributed by atoms with Gasteiger partial charge in [-0.15, -0.1) is 0 Å². The number of nitrogens with zero attached hydrogens (tertiary/aromatic N) is 5. The molecule has 1 N–H and O–H groups in total. The number of aliphatic imine (C=N–C) groups is 1. The van der Waals surface area contributed by atoms with Crippen LogP contribution in [0.3, 0.4) is 0 Å². The van der Waals surface area contributed by atoms with Crippen molar-refractivity contribution in [1.29, 1.82) is 0 Å². The Labute approximate surface area is 249 Å². The van der Waals surface area contributed by atoms with Crippen LogP contribution in [0.15, 0.2) is 70.9 Å². The van der Waals surface area contributed by atoms with Crippen LogP contribution >= 0.6 is 0 Å². The highest BCUT2D eigenvalue weighted by atomic mass is 19.1. The molecule has 2 aromatic rings. The van der Waals surface area contributed by atoms with Gasteiger partial charge >= 0.3 is 0 Å². The molecule has 0 radical (unpaired) electrons. The van der Waals surface area contributed by atoms with Crippen LogP contribution in [0.5, 0.6) is 0 Å². The highest BCUT2D eigenvalue weighted by molar-refractivity contribution is 5.90. The summed E-state index contributed by atoms with van der Waals surface area (Å²) in [7, 11) is 2.20. The number of hydrogen-bond donors (Lipinski definition) is 1. The van der Waals surface area contributed by atoms with Gasteiger partial charge in [-0.1, -0.05) is 19.2 Å². The smallest absolute Gasteiger partial charge is 0.151 e. The SMILES string of the molecule is C=C(/N=C\C(F)=C(/C)c1cc(F)c2nc(C)n(C(C)C)c2c1)N/C(C)=C/C=C1/CN(CC2CCN(C)CC2)CCC1=C. The summed E-state index contributed by atoms with van der Waals surface area (Å²) in [6, 6.07) is 3.20. The fourth-order valence-corrected chi connectivity index (χ4v) is 5.86. The molecule has 2 aliphatic heterocycles. The predicted octanol–water partition coefficient (Wildman–Crippen LogP) is 7.33. The van der Waals surface area contributed by atoms with E-state index in [1.165, 1.54) is 43.1 Å². The third-order valence-electron chi connectivity index (χ3n) is 8.37. The molecule has 8 heteroatoms. The van der Waals surface area contributed by atoms with Crippen molar-refractivity contribution >= 4 is 22.8 Å². The number of allylic oxidation sites excluding steroid dienone is 5. The molecule has 2 aliphatic rings. The Kier molecular flexibility index (Phi) is 10.3. The number of likely N-dealkylation sites (tertiary alicyclic amines) is 2. The number of nitrogens with one attached hydrogen (secondary N) is 1.